The van der Waals surface area contributed by atoms with Crippen molar-refractivity contribution in [1.82, 2.24) is 14.1 Å². The van der Waals surface area contributed by atoms with Crippen LogP contribution in [0.15, 0.2) is 56.9 Å². The molecule has 1 N–H and O–H groups in total. The fourth-order valence-corrected chi connectivity index (χ4v) is 7.51. The second-order valence-electron chi connectivity index (χ2n) is 8.37. The number of nitro groups is 2. The molecular weight excluding hydrogens is 673 g/mol. The van der Waals surface area contributed by atoms with E-state index in [1.807, 2.05) is 13.8 Å². The molecule has 0 aliphatic carbocycles. The van der Waals surface area contributed by atoms with Crippen LogP contribution in [0.25, 0.3) is 0 Å². The molecule has 4 heterocycles. The quantitative estimate of drug-likeness (QED) is 0.125. The van der Waals surface area contributed by atoms with Crippen molar-refractivity contribution in [3.8, 4) is 23.3 Å². The number of rotatable bonds is 4. The topological polar surface area (TPSA) is 198 Å². The van der Waals surface area contributed by atoms with Gasteiger partial charge in [-0.25, -0.2) is 0 Å². The molecule has 225 valence electrons. The predicted octanol–water partition coefficient (Wildman–Crippen LogP) is 7.88. The minimum atomic E-state index is -4.24. The van der Waals surface area contributed by atoms with E-state index in [1.165, 1.54) is 30.3 Å². The molecule has 17 nitrogen and oxygen atoms in total. The molecule has 2 aromatic carbocycles. The first-order valence-electron chi connectivity index (χ1n) is 12.1. The number of benzene rings is 2. The van der Waals surface area contributed by atoms with Gasteiger partial charge in [0.05, 0.1) is 0 Å². The molecule has 21 heteroatoms. The SMILES string of the molecule is CCn1c2c([nH]c1=S)N=Nc1cc([N+](=O)[O-])ccc1[O][Co]1([O]c3ccc([N+](=O)[O-])cc3N=Nc3sc(=S)n(CC)c3[O]1)[O]2. The molecule has 1 atom stereocenters. The third-order valence-electron chi connectivity index (χ3n) is 5.80. The van der Waals surface area contributed by atoms with Gasteiger partial charge in [0.15, 0.2) is 0 Å². The number of non-ortho nitro benzene ring substituents is 2. The summed E-state index contributed by atoms with van der Waals surface area (Å²) in [5.74, 6) is 0.0991. The zero-order valence-electron chi connectivity index (χ0n) is 21.8. The number of hydrogen-bond donors (Lipinski definition) is 1. The molecule has 2 aromatic heterocycles. The second-order valence-corrected chi connectivity index (χ2v) is 12.3. The summed E-state index contributed by atoms with van der Waals surface area (Å²) in [6.45, 7) is 4.31. The Bertz CT molecular complexity index is 1860. The molecule has 2 aliphatic rings. The Morgan fingerprint density at radius 1 is 0.837 bits per heavy atom. The zero-order chi connectivity index (χ0) is 30.5. The maximum atomic E-state index is 11.6. The molecule has 0 saturated carbocycles. The van der Waals surface area contributed by atoms with Crippen molar-refractivity contribution in [1.29, 1.82) is 0 Å². The molecule has 0 fully saturated rings. The molecular formula is C22H17CoN9O8S3. The first-order valence-corrected chi connectivity index (χ1v) is 15.4. The molecule has 6 rings (SSSR count). The van der Waals surface area contributed by atoms with E-state index in [9.17, 15) is 20.2 Å². The monoisotopic (exact) mass is 690 g/mol. The van der Waals surface area contributed by atoms with E-state index < -0.39 is 23.8 Å². The van der Waals surface area contributed by atoms with Gasteiger partial charge in [0.25, 0.3) is 0 Å². The number of azo groups is 2. The molecule has 0 bridgehead atoms. The maximum absolute atomic E-state index is 11.6. The van der Waals surface area contributed by atoms with Crippen molar-refractivity contribution in [3.05, 3.63) is 65.4 Å². The molecule has 2 aliphatic heterocycles. The third-order valence-corrected chi connectivity index (χ3v) is 9.34. The van der Waals surface area contributed by atoms with Crippen molar-refractivity contribution < 1.29 is 39.2 Å². The number of hydrogen-bond acceptors (Lipinski definition) is 15. The van der Waals surface area contributed by atoms with Gasteiger partial charge in [-0.1, -0.05) is 0 Å². The number of nitro benzene ring substituents is 2. The number of imidazole rings is 1. The number of fused-ring (bicyclic) bond motifs is 4. The Balaban J connectivity index is 1.66. The van der Waals surface area contributed by atoms with E-state index in [0.29, 0.717) is 17.0 Å². The first kappa shape index (κ1) is 28.5. The molecule has 0 saturated heterocycles. The average molecular weight is 691 g/mol. The van der Waals surface area contributed by atoms with Crippen molar-refractivity contribution in [2.24, 2.45) is 20.5 Å². The van der Waals surface area contributed by atoms with Crippen LogP contribution in [0, 0.1) is 29.0 Å². The number of aromatic amines is 1. The van der Waals surface area contributed by atoms with Gasteiger partial charge in [-0.15, -0.1) is 0 Å². The summed E-state index contributed by atoms with van der Waals surface area (Å²) >= 11 is 7.82. The fraction of sp³-hybridized carbons (Fsp3) is 0.182. The van der Waals surface area contributed by atoms with Gasteiger partial charge in [-0.05, 0) is 0 Å². The summed E-state index contributed by atoms with van der Waals surface area (Å²) in [6.07, 6.45) is 0. The molecule has 43 heavy (non-hydrogen) atoms. The van der Waals surface area contributed by atoms with Gasteiger partial charge in [-0.2, -0.15) is 0 Å². The van der Waals surface area contributed by atoms with Crippen LogP contribution in [0.5, 0.6) is 23.3 Å². The third kappa shape index (κ3) is 5.16. The summed E-state index contributed by atoms with van der Waals surface area (Å²) in [5.41, 5.74) is -0.624. The van der Waals surface area contributed by atoms with Crippen LogP contribution >= 0.6 is 35.8 Å². The van der Waals surface area contributed by atoms with Crippen LogP contribution in [0.4, 0.5) is 33.6 Å². The standard InChI is InChI=1S/C11H11N5O4S.C11H10N4O4S2.Co/c1-2-15-10(18)9(12-11(15)21)14-13-7-5-6(16(19)20)3-4-8(7)17;1-2-14-10(17)9(21-11(14)20)13-12-7-5-6(15(18)19)3-4-8(7)16;/h3-5,17-18H,2H2,1H3,(H,12,21);3-5,16-17H,2H2,1H3;/q;;+4/p-4. The fourth-order valence-electron chi connectivity index (χ4n) is 3.78. The molecule has 1 unspecified atom stereocenters. The van der Waals surface area contributed by atoms with Crippen LogP contribution in [-0.2, 0) is 27.0 Å². The number of nitrogens with one attached hydrogen (secondary N) is 1. The van der Waals surface area contributed by atoms with Gasteiger partial charge in [0.1, 0.15) is 0 Å². The number of H-pyrrole nitrogens is 1. The van der Waals surface area contributed by atoms with Crippen LogP contribution < -0.4 is 15.4 Å². The molecule has 0 amide bonds. The van der Waals surface area contributed by atoms with Crippen molar-refractivity contribution in [2.75, 3.05) is 0 Å². The Kier molecular flexibility index (Phi) is 7.25. The van der Waals surface area contributed by atoms with Crippen molar-refractivity contribution >= 4 is 69.3 Å². The Labute approximate surface area is 257 Å². The van der Waals surface area contributed by atoms with Gasteiger partial charge >= 0.3 is 259 Å². The van der Waals surface area contributed by atoms with Gasteiger partial charge in [-0.3, -0.25) is 0 Å². The van der Waals surface area contributed by atoms with E-state index in [4.69, 9.17) is 39.8 Å². The summed E-state index contributed by atoms with van der Waals surface area (Å²) in [5, 5.41) is 40.2. The zero-order valence-corrected chi connectivity index (χ0v) is 25.3. The second kappa shape index (κ2) is 10.9. The Morgan fingerprint density at radius 3 is 1.95 bits per heavy atom. The number of nitrogens with zero attached hydrogens (tertiary/aromatic N) is 8. The normalized spacial score (nSPS) is 18.1. The van der Waals surface area contributed by atoms with Crippen LogP contribution in [-0.4, -0.2) is 24.0 Å². The van der Waals surface area contributed by atoms with E-state index in [2.05, 4.69) is 25.4 Å². The summed E-state index contributed by atoms with van der Waals surface area (Å²) in [4.78, 5) is 24.8. The predicted molar refractivity (Wildman–Crippen MR) is 151 cm³/mol. The molecule has 1 spiro atoms. The first-order chi connectivity index (χ1) is 20.6. The van der Waals surface area contributed by atoms with Crippen molar-refractivity contribution in [3.63, 3.8) is 0 Å². The number of thiazole rings is 1. The van der Waals surface area contributed by atoms with E-state index in [-0.39, 0.29) is 61.6 Å². The van der Waals surface area contributed by atoms with E-state index in [0.717, 1.165) is 17.4 Å². The van der Waals surface area contributed by atoms with Crippen LogP contribution in [0.3, 0.4) is 0 Å². The Morgan fingerprint density at radius 2 is 1.40 bits per heavy atom. The minimum absolute atomic E-state index is 0.0288. The van der Waals surface area contributed by atoms with Gasteiger partial charge in [0, 0.05) is 0 Å². The Hall–Kier alpha value is -4.57. The average Bonchev–Trinajstić information content (AvgIpc) is 3.46. The van der Waals surface area contributed by atoms with E-state index >= 15 is 0 Å². The molecule has 4 aromatic rings. The summed E-state index contributed by atoms with van der Waals surface area (Å²) in [6, 6.07) is 7.35. The van der Waals surface area contributed by atoms with Crippen molar-refractivity contribution in [2.45, 2.75) is 26.9 Å². The van der Waals surface area contributed by atoms with E-state index in [1.54, 1.807) is 9.13 Å². The summed E-state index contributed by atoms with van der Waals surface area (Å²) < 4.78 is 29.5. The van der Waals surface area contributed by atoms with Crippen LogP contribution in [0.2, 0.25) is 0 Å². The van der Waals surface area contributed by atoms with Gasteiger partial charge < -0.3 is 0 Å². The van der Waals surface area contributed by atoms with Crippen LogP contribution in [0.1, 0.15) is 13.8 Å². The summed E-state index contributed by atoms with van der Waals surface area (Å²) in [7, 11) is 0. The number of aromatic nitrogens is 3. The molecule has 0 radical (unpaired) electrons. The van der Waals surface area contributed by atoms with Gasteiger partial charge in [0.2, 0.25) is 0 Å².